The van der Waals surface area contributed by atoms with Crippen molar-refractivity contribution >= 4 is 39.9 Å². The zero-order valence-electron chi connectivity index (χ0n) is 20.6. The molecule has 13 heteroatoms. The summed E-state index contributed by atoms with van der Waals surface area (Å²) in [6.07, 6.45) is 5.04. The summed E-state index contributed by atoms with van der Waals surface area (Å²) in [5.41, 5.74) is 9.02. The maximum Gasteiger partial charge on any atom is 0.151 e. The van der Waals surface area contributed by atoms with Crippen LogP contribution in [-0.4, -0.2) is 58.8 Å². The first kappa shape index (κ1) is 24.5. The fourth-order valence-corrected chi connectivity index (χ4v) is 5.40. The quantitative estimate of drug-likeness (QED) is 0.310. The molecule has 0 bridgehead atoms. The Morgan fingerprint density at radius 2 is 1.89 bits per heavy atom. The first-order chi connectivity index (χ1) is 18.3. The molecule has 1 atom stereocenters. The second-order valence-electron chi connectivity index (χ2n) is 9.59. The van der Waals surface area contributed by atoms with Crippen molar-refractivity contribution in [2.45, 2.75) is 25.0 Å². The number of benzene rings is 1. The molecule has 1 saturated heterocycles. The fourth-order valence-electron chi connectivity index (χ4n) is 4.72. The van der Waals surface area contributed by atoms with Gasteiger partial charge in [-0.2, -0.15) is 5.10 Å². The second kappa shape index (κ2) is 9.50. The Hall–Kier alpha value is -3.80. The van der Waals surface area contributed by atoms with Crippen LogP contribution in [-0.2, 0) is 13.5 Å². The Balaban J connectivity index is 1.18. The van der Waals surface area contributed by atoms with E-state index in [1.165, 1.54) is 0 Å². The monoisotopic (exact) mass is 550 g/mol. The molecule has 0 unspecified atom stereocenters. The number of hydrogen-bond donors (Lipinski definition) is 2. The SMILES string of the molecule is C[C@@H](Oc1ccc2[nH]nc(-c3ccc(N4CC(N)(Cc5nncn5C)C4)nn3)c2c1)c1c(Cl)cncc1Cl. The molecule has 6 rings (SSSR count). The van der Waals surface area contributed by atoms with Crippen molar-refractivity contribution in [1.82, 2.24) is 40.1 Å². The number of aromatic amines is 1. The molecular formula is C25H24Cl2N10O. The van der Waals surface area contributed by atoms with Gasteiger partial charge in [0.2, 0.25) is 0 Å². The number of aromatic nitrogens is 8. The minimum absolute atomic E-state index is 0.377. The van der Waals surface area contributed by atoms with Crippen LogP contribution >= 0.6 is 23.2 Å². The average Bonchev–Trinajstić information content (AvgIpc) is 3.48. The lowest BCUT2D eigenvalue weighted by molar-refractivity contribution is 0.227. The summed E-state index contributed by atoms with van der Waals surface area (Å²) in [4.78, 5) is 6.10. The molecule has 1 aliphatic rings. The number of halogens is 2. The molecule has 0 aliphatic carbocycles. The topological polar surface area (TPSA) is 137 Å². The van der Waals surface area contributed by atoms with Gasteiger partial charge in [0.1, 0.15) is 35.4 Å². The zero-order chi connectivity index (χ0) is 26.4. The van der Waals surface area contributed by atoms with Crippen LogP contribution in [0.15, 0.2) is 49.1 Å². The molecule has 3 N–H and O–H groups in total. The number of hydrogen-bond acceptors (Lipinski definition) is 9. The third-order valence-electron chi connectivity index (χ3n) is 6.69. The summed E-state index contributed by atoms with van der Waals surface area (Å²) in [5, 5.41) is 26.2. The summed E-state index contributed by atoms with van der Waals surface area (Å²) in [5.74, 6) is 2.27. The molecule has 0 saturated carbocycles. The molecule has 1 fully saturated rings. The molecule has 0 spiro atoms. The van der Waals surface area contributed by atoms with Gasteiger partial charge in [-0.15, -0.1) is 20.4 Å². The van der Waals surface area contributed by atoms with Crippen LogP contribution in [0.1, 0.15) is 24.4 Å². The molecule has 1 aromatic carbocycles. The minimum Gasteiger partial charge on any atom is -0.486 e. The van der Waals surface area contributed by atoms with Crippen molar-refractivity contribution < 1.29 is 4.74 Å². The third-order valence-corrected chi connectivity index (χ3v) is 7.29. The highest BCUT2D eigenvalue weighted by Gasteiger charge is 2.41. The first-order valence-corrected chi connectivity index (χ1v) is 12.7. The van der Waals surface area contributed by atoms with Crippen molar-refractivity contribution in [2.24, 2.45) is 12.8 Å². The third kappa shape index (κ3) is 4.53. The fraction of sp³-hybridized carbons (Fsp3) is 0.280. The first-order valence-electron chi connectivity index (χ1n) is 11.9. The summed E-state index contributed by atoms with van der Waals surface area (Å²) in [6.45, 7) is 3.20. The van der Waals surface area contributed by atoms with Gasteiger partial charge in [-0.1, -0.05) is 23.2 Å². The molecule has 38 heavy (non-hydrogen) atoms. The maximum absolute atomic E-state index is 6.55. The molecular weight excluding hydrogens is 527 g/mol. The summed E-state index contributed by atoms with van der Waals surface area (Å²) >= 11 is 12.6. The van der Waals surface area contributed by atoms with Crippen molar-refractivity contribution in [3.05, 3.63) is 70.5 Å². The molecule has 1 aliphatic heterocycles. The van der Waals surface area contributed by atoms with E-state index in [1.807, 2.05) is 48.9 Å². The predicted molar refractivity (Wildman–Crippen MR) is 144 cm³/mol. The molecule has 5 heterocycles. The Morgan fingerprint density at radius 1 is 1.11 bits per heavy atom. The Bertz CT molecular complexity index is 1590. The molecule has 0 radical (unpaired) electrons. The summed E-state index contributed by atoms with van der Waals surface area (Å²) in [6, 6.07) is 9.52. The van der Waals surface area contributed by atoms with Crippen molar-refractivity contribution in [2.75, 3.05) is 18.0 Å². The highest BCUT2D eigenvalue weighted by atomic mass is 35.5. The van der Waals surface area contributed by atoms with Crippen LogP contribution in [0.3, 0.4) is 0 Å². The number of rotatable bonds is 7. The zero-order valence-corrected chi connectivity index (χ0v) is 22.1. The van der Waals surface area contributed by atoms with Gasteiger partial charge < -0.3 is 19.9 Å². The number of ether oxygens (including phenoxy) is 1. The average molecular weight is 551 g/mol. The highest BCUT2D eigenvalue weighted by molar-refractivity contribution is 6.35. The smallest absolute Gasteiger partial charge is 0.151 e. The number of nitrogens with zero attached hydrogens (tertiary/aromatic N) is 8. The Labute approximate surface area is 228 Å². The number of nitrogens with one attached hydrogen (secondary N) is 1. The lowest BCUT2D eigenvalue weighted by Gasteiger charge is -2.48. The number of fused-ring (bicyclic) bond motifs is 1. The maximum atomic E-state index is 6.55. The number of aryl methyl sites for hydroxylation is 1. The van der Waals surface area contributed by atoms with Gasteiger partial charge >= 0.3 is 0 Å². The number of anilines is 1. The van der Waals surface area contributed by atoms with E-state index in [4.69, 9.17) is 33.7 Å². The number of pyridine rings is 1. The van der Waals surface area contributed by atoms with Crippen LogP contribution in [0.5, 0.6) is 5.75 Å². The van der Waals surface area contributed by atoms with Crippen LogP contribution in [0.4, 0.5) is 5.82 Å². The molecule has 0 amide bonds. The van der Waals surface area contributed by atoms with Crippen molar-refractivity contribution in [3.8, 4) is 17.1 Å². The molecule has 194 valence electrons. The summed E-state index contributed by atoms with van der Waals surface area (Å²) < 4.78 is 8.05. The Kier molecular flexibility index (Phi) is 6.13. The van der Waals surface area contributed by atoms with Crippen LogP contribution in [0, 0.1) is 0 Å². The standard InChI is InChI=1S/C25H24Cl2N10O/c1-14(23-17(26)9-29-10-18(23)27)38-15-3-4-19-16(7-15)24(35-31-19)20-5-6-21(34-32-20)37-11-25(28,12-37)8-22-33-30-13-36(22)2/h3-7,9-10,13-14H,8,11-12,28H2,1-2H3,(H,31,35)/t14-/m1/s1. The second-order valence-corrected chi connectivity index (χ2v) is 10.4. The highest BCUT2D eigenvalue weighted by Crippen LogP contribution is 2.35. The van der Waals surface area contributed by atoms with Gasteiger partial charge in [0.15, 0.2) is 5.82 Å². The largest absolute Gasteiger partial charge is 0.486 e. The molecule has 11 nitrogen and oxygen atoms in total. The van der Waals surface area contributed by atoms with Gasteiger partial charge in [0.05, 0.1) is 21.1 Å². The predicted octanol–water partition coefficient (Wildman–Crippen LogP) is 3.75. The van der Waals surface area contributed by atoms with E-state index in [1.54, 1.807) is 18.7 Å². The van der Waals surface area contributed by atoms with Gasteiger partial charge in [0.25, 0.3) is 0 Å². The van der Waals surface area contributed by atoms with E-state index in [9.17, 15) is 0 Å². The molecule has 5 aromatic rings. The van der Waals surface area contributed by atoms with Crippen LogP contribution < -0.4 is 15.4 Å². The van der Waals surface area contributed by atoms with Gasteiger partial charge in [-0.05, 0) is 37.3 Å². The summed E-state index contributed by atoms with van der Waals surface area (Å²) in [7, 11) is 1.92. The molecule has 4 aromatic heterocycles. The van der Waals surface area contributed by atoms with Gasteiger partial charge in [0, 0.05) is 49.9 Å². The lowest BCUT2D eigenvalue weighted by atomic mass is 9.87. The minimum atomic E-state index is -0.385. The van der Waals surface area contributed by atoms with E-state index in [-0.39, 0.29) is 11.6 Å². The van der Waals surface area contributed by atoms with E-state index < -0.39 is 0 Å². The van der Waals surface area contributed by atoms with Crippen LogP contribution in [0.25, 0.3) is 22.3 Å². The van der Waals surface area contributed by atoms with E-state index in [0.717, 1.165) is 22.5 Å². The number of nitrogens with two attached hydrogens (primary N) is 1. The Morgan fingerprint density at radius 3 is 2.58 bits per heavy atom. The normalized spacial score (nSPS) is 15.4. The number of H-pyrrole nitrogens is 1. The van der Waals surface area contributed by atoms with E-state index in [0.29, 0.717) is 52.3 Å². The van der Waals surface area contributed by atoms with Gasteiger partial charge in [-0.25, -0.2) is 0 Å². The van der Waals surface area contributed by atoms with E-state index in [2.05, 4.69) is 40.5 Å². The van der Waals surface area contributed by atoms with Crippen molar-refractivity contribution in [1.29, 1.82) is 0 Å². The van der Waals surface area contributed by atoms with Gasteiger partial charge in [-0.3, -0.25) is 10.1 Å². The lowest BCUT2D eigenvalue weighted by Crippen LogP contribution is -2.69. The van der Waals surface area contributed by atoms with Crippen molar-refractivity contribution in [3.63, 3.8) is 0 Å². The van der Waals surface area contributed by atoms with E-state index >= 15 is 0 Å². The van der Waals surface area contributed by atoms with Crippen LogP contribution in [0.2, 0.25) is 10.0 Å².